The molecule has 6 aromatic carbocycles. The minimum atomic E-state index is 0.597. The molecule has 210 valence electrons. The van der Waals surface area contributed by atoms with Crippen LogP contribution in [0.25, 0.3) is 88.8 Å². The van der Waals surface area contributed by atoms with Crippen LogP contribution < -0.4 is 0 Å². The van der Waals surface area contributed by atoms with Crippen molar-refractivity contribution < 1.29 is 4.42 Å². The average molecular weight is 577 g/mol. The van der Waals surface area contributed by atoms with Crippen molar-refractivity contribution in [3.63, 3.8) is 0 Å². The van der Waals surface area contributed by atoms with Gasteiger partial charge in [-0.1, -0.05) is 109 Å². The second-order valence-electron chi connectivity index (χ2n) is 11.1. The number of aromatic nitrogens is 4. The van der Waals surface area contributed by atoms with Gasteiger partial charge in [0.05, 0.1) is 0 Å². The van der Waals surface area contributed by atoms with Crippen LogP contribution in [0.5, 0.6) is 0 Å². The summed E-state index contributed by atoms with van der Waals surface area (Å²) in [7, 11) is 0. The fraction of sp³-hybridized carbons (Fsp3) is 0. The van der Waals surface area contributed by atoms with Crippen molar-refractivity contribution in [1.29, 1.82) is 0 Å². The maximum Gasteiger partial charge on any atom is 0.164 e. The molecule has 3 aromatic heterocycles. The largest absolute Gasteiger partial charge is 0.456 e. The van der Waals surface area contributed by atoms with Gasteiger partial charge in [0.25, 0.3) is 0 Å². The standard InChI is InChI=1S/C40H24N4O/c1-2-9-27(10-3-1)38-42-39(28-18-16-26(17-19-28)32-13-6-11-25-8-4-5-12-31(25)32)44-40(43-38)33-14-7-15-35-37(33)34-22-29-20-21-41-24-30(29)23-36(34)45-35/h1-24H. The molecule has 0 fully saturated rings. The van der Waals surface area contributed by atoms with Crippen LogP contribution in [0.4, 0.5) is 0 Å². The molecule has 45 heavy (non-hydrogen) atoms. The Morgan fingerprint density at radius 2 is 1.11 bits per heavy atom. The zero-order chi connectivity index (χ0) is 29.7. The summed E-state index contributed by atoms with van der Waals surface area (Å²) in [5.41, 5.74) is 6.67. The van der Waals surface area contributed by atoms with Crippen molar-refractivity contribution in [2.75, 3.05) is 0 Å². The quantitative estimate of drug-likeness (QED) is 0.209. The van der Waals surface area contributed by atoms with Gasteiger partial charge in [0.1, 0.15) is 11.2 Å². The Kier molecular flexibility index (Phi) is 5.74. The normalized spacial score (nSPS) is 11.6. The van der Waals surface area contributed by atoms with Gasteiger partial charge < -0.3 is 4.42 Å². The van der Waals surface area contributed by atoms with Gasteiger partial charge in [-0.15, -0.1) is 0 Å². The van der Waals surface area contributed by atoms with E-state index in [2.05, 4.69) is 83.8 Å². The molecule has 0 spiro atoms. The first-order chi connectivity index (χ1) is 22.3. The van der Waals surface area contributed by atoms with Gasteiger partial charge >= 0.3 is 0 Å². The first-order valence-electron chi connectivity index (χ1n) is 14.9. The van der Waals surface area contributed by atoms with Gasteiger partial charge in [0.15, 0.2) is 17.5 Å². The Morgan fingerprint density at radius 3 is 1.98 bits per heavy atom. The molecular formula is C40H24N4O. The third kappa shape index (κ3) is 4.33. The van der Waals surface area contributed by atoms with Crippen molar-refractivity contribution in [1.82, 2.24) is 19.9 Å². The van der Waals surface area contributed by atoms with Gasteiger partial charge in [0.2, 0.25) is 0 Å². The van der Waals surface area contributed by atoms with E-state index in [1.54, 1.807) is 0 Å². The Hall–Kier alpha value is -6.20. The van der Waals surface area contributed by atoms with E-state index in [4.69, 9.17) is 19.4 Å². The summed E-state index contributed by atoms with van der Waals surface area (Å²) >= 11 is 0. The van der Waals surface area contributed by atoms with E-state index in [1.807, 2.05) is 67.0 Å². The molecule has 0 N–H and O–H groups in total. The highest BCUT2D eigenvalue weighted by atomic mass is 16.3. The van der Waals surface area contributed by atoms with Crippen LogP contribution in [0, 0.1) is 0 Å². The molecule has 9 rings (SSSR count). The van der Waals surface area contributed by atoms with Crippen LogP contribution >= 0.6 is 0 Å². The van der Waals surface area contributed by atoms with Crippen LogP contribution in [0.15, 0.2) is 150 Å². The molecule has 0 amide bonds. The Balaban J connectivity index is 1.23. The Bertz CT molecular complexity index is 2530. The van der Waals surface area contributed by atoms with Crippen molar-refractivity contribution in [3.05, 3.63) is 146 Å². The van der Waals surface area contributed by atoms with Gasteiger partial charge in [0, 0.05) is 45.2 Å². The highest BCUT2D eigenvalue weighted by Crippen LogP contribution is 2.38. The molecule has 0 aliphatic rings. The lowest BCUT2D eigenvalue weighted by atomic mass is 9.97. The molecule has 0 saturated heterocycles. The molecule has 0 radical (unpaired) electrons. The van der Waals surface area contributed by atoms with Gasteiger partial charge in [-0.3, -0.25) is 4.98 Å². The summed E-state index contributed by atoms with van der Waals surface area (Å²) in [4.78, 5) is 19.4. The molecule has 0 bridgehead atoms. The summed E-state index contributed by atoms with van der Waals surface area (Å²) < 4.78 is 6.34. The van der Waals surface area contributed by atoms with E-state index in [1.165, 1.54) is 16.3 Å². The van der Waals surface area contributed by atoms with E-state index in [0.717, 1.165) is 55.0 Å². The van der Waals surface area contributed by atoms with Crippen molar-refractivity contribution in [3.8, 4) is 45.3 Å². The van der Waals surface area contributed by atoms with Gasteiger partial charge in [-0.2, -0.15) is 0 Å². The molecule has 0 unspecified atom stereocenters. The highest BCUT2D eigenvalue weighted by Gasteiger charge is 2.18. The molecule has 5 heteroatoms. The number of hydrogen-bond acceptors (Lipinski definition) is 5. The SMILES string of the molecule is c1ccc(-c2nc(-c3ccc(-c4cccc5ccccc45)cc3)nc(-c3cccc4oc5cc6cnccc6cc5c34)n2)cc1. The van der Waals surface area contributed by atoms with Crippen LogP contribution in [0.1, 0.15) is 0 Å². The van der Waals surface area contributed by atoms with Crippen LogP contribution in [-0.2, 0) is 0 Å². The second-order valence-corrected chi connectivity index (χ2v) is 11.1. The molecule has 0 aliphatic carbocycles. The fourth-order valence-corrected chi connectivity index (χ4v) is 6.21. The molecule has 5 nitrogen and oxygen atoms in total. The van der Waals surface area contributed by atoms with Crippen LogP contribution in [0.3, 0.4) is 0 Å². The monoisotopic (exact) mass is 576 g/mol. The second kappa shape index (κ2) is 10.2. The Morgan fingerprint density at radius 1 is 0.422 bits per heavy atom. The lowest BCUT2D eigenvalue weighted by Crippen LogP contribution is -2.00. The number of pyridine rings is 1. The summed E-state index contributed by atoms with van der Waals surface area (Å²) in [6.07, 6.45) is 3.67. The number of fused-ring (bicyclic) bond motifs is 5. The first kappa shape index (κ1) is 25.3. The zero-order valence-corrected chi connectivity index (χ0v) is 24.1. The maximum absolute atomic E-state index is 6.34. The minimum absolute atomic E-state index is 0.597. The number of hydrogen-bond donors (Lipinski definition) is 0. The Labute approximate surface area is 258 Å². The molecule has 0 aliphatic heterocycles. The molecule has 0 saturated carbocycles. The van der Waals surface area contributed by atoms with Crippen molar-refractivity contribution in [2.24, 2.45) is 0 Å². The zero-order valence-electron chi connectivity index (χ0n) is 24.1. The van der Waals surface area contributed by atoms with Crippen LogP contribution in [0.2, 0.25) is 0 Å². The van der Waals surface area contributed by atoms with Gasteiger partial charge in [-0.25, -0.2) is 15.0 Å². The molecule has 9 aromatic rings. The van der Waals surface area contributed by atoms with E-state index in [9.17, 15) is 0 Å². The summed E-state index contributed by atoms with van der Waals surface area (Å²) in [5, 5.41) is 6.58. The topological polar surface area (TPSA) is 64.7 Å². The average Bonchev–Trinajstić information content (AvgIpc) is 3.48. The minimum Gasteiger partial charge on any atom is -0.456 e. The number of rotatable bonds is 4. The first-order valence-corrected chi connectivity index (χ1v) is 14.9. The van der Waals surface area contributed by atoms with Gasteiger partial charge in [-0.05, 0) is 51.6 Å². The summed E-state index contributed by atoms with van der Waals surface area (Å²) in [6, 6.07) is 45.7. The summed E-state index contributed by atoms with van der Waals surface area (Å²) in [6.45, 7) is 0. The smallest absolute Gasteiger partial charge is 0.164 e. The van der Waals surface area contributed by atoms with Crippen molar-refractivity contribution >= 4 is 43.5 Å². The molecule has 3 heterocycles. The van der Waals surface area contributed by atoms with Crippen LogP contribution in [-0.4, -0.2) is 19.9 Å². The molecule has 0 atom stereocenters. The predicted octanol–water partition coefficient (Wildman–Crippen LogP) is 10.1. The fourth-order valence-electron chi connectivity index (χ4n) is 6.21. The number of furan rings is 1. The van der Waals surface area contributed by atoms with Crippen molar-refractivity contribution in [2.45, 2.75) is 0 Å². The predicted molar refractivity (Wildman–Crippen MR) is 182 cm³/mol. The summed E-state index contributed by atoms with van der Waals surface area (Å²) in [5.74, 6) is 1.83. The molecular weight excluding hydrogens is 552 g/mol. The highest BCUT2D eigenvalue weighted by molar-refractivity contribution is 6.15. The lowest BCUT2D eigenvalue weighted by molar-refractivity contribution is 0.669. The number of benzene rings is 6. The van der Waals surface area contributed by atoms with E-state index in [0.29, 0.717) is 17.5 Å². The number of nitrogens with zero attached hydrogens (tertiary/aromatic N) is 4. The lowest BCUT2D eigenvalue weighted by Gasteiger charge is -2.10. The third-order valence-electron chi connectivity index (χ3n) is 8.41. The van der Waals surface area contributed by atoms with E-state index < -0.39 is 0 Å². The maximum atomic E-state index is 6.34. The third-order valence-corrected chi connectivity index (χ3v) is 8.41. The van der Waals surface area contributed by atoms with E-state index >= 15 is 0 Å². The van der Waals surface area contributed by atoms with E-state index in [-0.39, 0.29) is 0 Å².